The van der Waals surface area contributed by atoms with Crippen LogP contribution in [-0.4, -0.2) is 46.8 Å². The number of carbonyl (C=O) groups excluding carboxylic acids is 3. The van der Waals surface area contributed by atoms with E-state index in [9.17, 15) is 14.4 Å². The van der Waals surface area contributed by atoms with Gasteiger partial charge in [0.15, 0.2) is 5.54 Å². The van der Waals surface area contributed by atoms with Crippen LogP contribution in [0.15, 0.2) is 30.3 Å². The van der Waals surface area contributed by atoms with Gasteiger partial charge in [-0.1, -0.05) is 37.3 Å². The molecule has 2 amide bonds. The SMILES string of the molecule is CCc1nc([C@H]2N[C@](C(=O)OC)(c3ccccc3)[C@H]3C(=O)N(C)C(=O)[C@@H]23)c(C)[nH]1. The lowest BCUT2D eigenvalue weighted by molar-refractivity contribution is -0.154. The number of rotatable bonds is 4. The van der Waals surface area contributed by atoms with Crippen molar-refractivity contribution in [1.82, 2.24) is 20.2 Å². The summed E-state index contributed by atoms with van der Waals surface area (Å²) in [6.07, 6.45) is 0.704. The molecule has 3 heterocycles. The lowest BCUT2D eigenvalue weighted by Gasteiger charge is -2.32. The fourth-order valence-corrected chi connectivity index (χ4v) is 4.73. The molecule has 0 aliphatic carbocycles. The summed E-state index contributed by atoms with van der Waals surface area (Å²) < 4.78 is 5.15. The number of carbonyl (C=O) groups is 3. The van der Waals surface area contributed by atoms with Gasteiger partial charge in [-0.3, -0.25) is 19.8 Å². The number of amides is 2. The van der Waals surface area contributed by atoms with Crippen molar-refractivity contribution in [3.63, 3.8) is 0 Å². The molecule has 2 fully saturated rings. The zero-order chi connectivity index (χ0) is 20.9. The van der Waals surface area contributed by atoms with Crippen molar-refractivity contribution >= 4 is 17.8 Å². The Morgan fingerprint density at radius 1 is 1.24 bits per heavy atom. The first-order valence-electron chi connectivity index (χ1n) is 9.65. The van der Waals surface area contributed by atoms with Crippen LogP contribution in [0.5, 0.6) is 0 Å². The van der Waals surface area contributed by atoms with E-state index in [1.165, 1.54) is 14.2 Å². The number of fused-ring (bicyclic) bond motifs is 1. The van der Waals surface area contributed by atoms with Crippen LogP contribution >= 0.6 is 0 Å². The molecule has 8 nitrogen and oxygen atoms in total. The van der Waals surface area contributed by atoms with E-state index in [2.05, 4.69) is 15.3 Å². The largest absolute Gasteiger partial charge is 0.467 e. The van der Waals surface area contributed by atoms with E-state index in [0.29, 0.717) is 17.7 Å². The van der Waals surface area contributed by atoms with Gasteiger partial charge >= 0.3 is 5.97 Å². The number of hydrogen-bond acceptors (Lipinski definition) is 6. The quantitative estimate of drug-likeness (QED) is 0.595. The van der Waals surface area contributed by atoms with Crippen LogP contribution in [0, 0.1) is 18.8 Å². The molecule has 152 valence electrons. The van der Waals surface area contributed by atoms with Crippen LogP contribution in [0.3, 0.4) is 0 Å². The molecule has 0 spiro atoms. The second-order valence-electron chi connectivity index (χ2n) is 7.57. The number of nitrogens with zero attached hydrogens (tertiary/aromatic N) is 2. The first-order chi connectivity index (χ1) is 13.9. The number of H-pyrrole nitrogens is 1. The smallest absolute Gasteiger partial charge is 0.331 e. The average Bonchev–Trinajstić information content (AvgIpc) is 3.36. The summed E-state index contributed by atoms with van der Waals surface area (Å²) in [5.41, 5.74) is 0.571. The Bertz CT molecular complexity index is 986. The van der Waals surface area contributed by atoms with Gasteiger partial charge < -0.3 is 9.72 Å². The first kappa shape index (κ1) is 19.3. The predicted molar refractivity (Wildman–Crippen MR) is 103 cm³/mol. The summed E-state index contributed by atoms with van der Waals surface area (Å²) in [6.45, 7) is 3.86. The van der Waals surface area contributed by atoms with Crippen molar-refractivity contribution in [2.45, 2.75) is 31.8 Å². The number of esters is 1. The van der Waals surface area contributed by atoms with Crippen LogP contribution in [0.1, 0.15) is 35.7 Å². The molecule has 29 heavy (non-hydrogen) atoms. The molecule has 2 aromatic rings. The van der Waals surface area contributed by atoms with E-state index in [4.69, 9.17) is 4.74 Å². The van der Waals surface area contributed by atoms with E-state index >= 15 is 0 Å². The third-order valence-corrected chi connectivity index (χ3v) is 6.12. The van der Waals surface area contributed by atoms with Gasteiger partial charge in [0, 0.05) is 19.2 Å². The van der Waals surface area contributed by atoms with E-state index in [1.807, 2.05) is 19.9 Å². The standard InChI is InChI=1S/C21H24N4O4/c1-5-13-22-11(2)16(23-13)17-14-15(19(27)25(3)18(14)26)21(24-17,20(28)29-4)12-9-7-6-8-10-12/h6-10,14-15,17,24H,5H2,1-4H3,(H,22,23)/t14-,15-,17+,21-/m1/s1. The first-order valence-corrected chi connectivity index (χ1v) is 9.65. The number of aryl methyl sites for hydroxylation is 2. The van der Waals surface area contributed by atoms with Crippen LogP contribution in [0.4, 0.5) is 0 Å². The number of benzene rings is 1. The van der Waals surface area contributed by atoms with Gasteiger partial charge in [-0.25, -0.2) is 9.78 Å². The Balaban J connectivity index is 1.95. The van der Waals surface area contributed by atoms with Crippen molar-refractivity contribution in [3.8, 4) is 0 Å². The number of nitrogens with one attached hydrogen (secondary N) is 2. The molecule has 0 radical (unpaired) electrons. The average molecular weight is 396 g/mol. The molecule has 8 heteroatoms. The number of imidazole rings is 1. The van der Waals surface area contributed by atoms with Crippen molar-refractivity contribution < 1.29 is 19.1 Å². The number of aromatic amines is 1. The number of methoxy groups -OCH3 is 1. The maximum atomic E-state index is 13.2. The lowest BCUT2D eigenvalue weighted by Crippen LogP contribution is -2.53. The molecule has 2 aliphatic heterocycles. The fourth-order valence-electron chi connectivity index (χ4n) is 4.73. The Morgan fingerprint density at radius 2 is 1.93 bits per heavy atom. The van der Waals surface area contributed by atoms with Crippen LogP contribution in [0.25, 0.3) is 0 Å². The second kappa shape index (κ2) is 6.81. The minimum atomic E-state index is -1.47. The molecule has 0 unspecified atom stereocenters. The molecule has 4 atom stereocenters. The second-order valence-corrected chi connectivity index (χ2v) is 7.57. The Labute approximate surface area is 168 Å². The van der Waals surface area contributed by atoms with E-state index in [1.54, 1.807) is 24.3 Å². The maximum Gasteiger partial charge on any atom is 0.331 e. The Morgan fingerprint density at radius 3 is 2.52 bits per heavy atom. The van der Waals surface area contributed by atoms with Crippen molar-refractivity contribution in [2.24, 2.45) is 11.8 Å². The molecular weight excluding hydrogens is 372 g/mol. The highest BCUT2D eigenvalue weighted by molar-refractivity contribution is 6.09. The highest BCUT2D eigenvalue weighted by Crippen LogP contribution is 2.53. The van der Waals surface area contributed by atoms with E-state index in [0.717, 1.165) is 16.4 Å². The lowest BCUT2D eigenvalue weighted by atomic mass is 9.75. The highest BCUT2D eigenvalue weighted by atomic mass is 16.5. The van der Waals surface area contributed by atoms with Gasteiger partial charge in [-0.15, -0.1) is 0 Å². The summed E-state index contributed by atoms with van der Waals surface area (Å²) >= 11 is 0. The van der Waals surface area contributed by atoms with Crippen molar-refractivity contribution in [2.75, 3.05) is 14.2 Å². The summed E-state index contributed by atoms with van der Waals surface area (Å²) in [5, 5.41) is 3.32. The minimum absolute atomic E-state index is 0.320. The topological polar surface area (TPSA) is 104 Å². The molecule has 1 aromatic carbocycles. The fraction of sp³-hybridized carbons (Fsp3) is 0.429. The van der Waals surface area contributed by atoms with Gasteiger partial charge in [-0.2, -0.15) is 0 Å². The molecule has 0 saturated carbocycles. The van der Waals surface area contributed by atoms with Gasteiger partial charge in [0.05, 0.1) is 30.7 Å². The molecule has 2 N–H and O–H groups in total. The van der Waals surface area contributed by atoms with E-state index in [-0.39, 0.29) is 5.91 Å². The summed E-state index contributed by atoms with van der Waals surface area (Å²) in [7, 11) is 2.75. The number of ether oxygens (including phenoxy) is 1. The molecule has 2 saturated heterocycles. The normalized spacial score (nSPS) is 28.7. The summed E-state index contributed by atoms with van der Waals surface area (Å²) in [4.78, 5) is 48.4. The van der Waals surface area contributed by atoms with Gasteiger partial charge in [0.1, 0.15) is 5.82 Å². The summed E-state index contributed by atoms with van der Waals surface area (Å²) in [6, 6.07) is 8.37. The highest BCUT2D eigenvalue weighted by Gasteiger charge is 2.69. The molecular formula is C21H24N4O4. The van der Waals surface area contributed by atoms with Crippen LogP contribution < -0.4 is 5.32 Å². The minimum Gasteiger partial charge on any atom is -0.467 e. The molecule has 1 aromatic heterocycles. The summed E-state index contributed by atoms with van der Waals surface area (Å²) in [5.74, 6) is -2.19. The van der Waals surface area contributed by atoms with Gasteiger partial charge in [0.2, 0.25) is 11.8 Å². The predicted octanol–water partition coefficient (Wildman–Crippen LogP) is 1.22. The Hall–Kier alpha value is -3.00. The Kier molecular flexibility index (Phi) is 4.53. The zero-order valence-electron chi connectivity index (χ0n) is 16.9. The van der Waals surface area contributed by atoms with E-state index < -0.39 is 35.3 Å². The molecule has 2 aliphatic rings. The third kappa shape index (κ3) is 2.55. The maximum absolute atomic E-state index is 13.2. The van der Waals surface area contributed by atoms with Crippen LogP contribution in [-0.2, 0) is 31.1 Å². The monoisotopic (exact) mass is 396 g/mol. The number of hydrogen-bond donors (Lipinski definition) is 2. The zero-order valence-corrected chi connectivity index (χ0v) is 16.9. The number of likely N-dealkylation sites (tertiary alicyclic amines) is 1. The van der Waals surface area contributed by atoms with Crippen molar-refractivity contribution in [1.29, 1.82) is 0 Å². The van der Waals surface area contributed by atoms with Gasteiger partial charge in [-0.05, 0) is 12.5 Å². The van der Waals surface area contributed by atoms with Crippen LogP contribution in [0.2, 0.25) is 0 Å². The van der Waals surface area contributed by atoms with Crippen molar-refractivity contribution in [3.05, 3.63) is 53.1 Å². The third-order valence-electron chi connectivity index (χ3n) is 6.12. The number of imide groups is 1. The molecule has 0 bridgehead atoms. The molecule has 4 rings (SSSR count). The van der Waals surface area contributed by atoms with Gasteiger partial charge in [0.25, 0.3) is 0 Å². The number of aromatic nitrogens is 2.